The van der Waals surface area contributed by atoms with Crippen molar-refractivity contribution in [1.82, 2.24) is 10.6 Å². The average Bonchev–Trinajstić information content (AvgIpc) is 2.97. The van der Waals surface area contributed by atoms with E-state index in [-0.39, 0.29) is 0 Å². The van der Waals surface area contributed by atoms with Crippen LogP contribution in [0.2, 0.25) is 0 Å². The summed E-state index contributed by atoms with van der Waals surface area (Å²) in [5.41, 5.74) is 0. The molecule has 0 aromatic carbocycles. The van der Waals surface area contributed by atoms with Crippen molar-refractivity contribution in [2.45, 2.75) is 33.1 Å². The number of methoxy groups -OCH3 is 1. The van der Waals surface area contributed by atoms with Crippen LogP contribution in [0.1, 0.15) is 32.4 Å². The Hall–Kier alpha value is -1.49. The van der Waals surface area contributed by atoms with Crippen molar-refractivity contribution >= 4 is 5.96 Å². The van der Waals surface area contributed by atoms with Crippen LogP contribution in [0.3, 0.4) is 0 Å². The fourth-order valence-electron chi connectivity index (χ4n) is 1.79. The number of hydrogen-bond donors (Lipinski definition) is 2. The largest absolute Gasteiger partial charge is 0.469 e. The summed E-state index contributed by atoms with van der Waals surface area (Å²) >= 11 is 0. The number of hydrogen-bond acceptors (Lipinski definition) is 3. The van der Waals surface area contributed by atoms with E-state index in [9.17, 15) is 0 Å². The average molecular weight is 295 g/mol. The SMILES string of the molecule is COCCCCNC(=NCC(C)C)NCCc1ccco1. The molecule has 0 aliphatic carbocycles. The Balaban J connectivity index is 2.28. The lowest BCUT2D eigenvalue weighted by Crippen LogP contribution is -2.39. The molecule has 0 bridgehead atoms. The lowest BCUT2D eigenvalue weighted by Gasteiger charge is -2.13. The van der Waals surface area contributed by atoms with Gasteiger partial charge in [-0.05, 0) is 30.9 Å². The molecular weight excluding hydrogens is 266 g/mol. The summed E-state index contributed by atoms with van der Waals surface area (Å²) in [7, 11) is 1.74. The van der Waals surface area contributed by atoms with Crippen LogP contribution in [0.25, 0.3) is 0 Å². The highest BCUT2D eigenvalue weighted by molar-refractivity contribution is 5.79. The van der Waals surface area contributed by atoms with Gasteiger partial charge in [0.05, 0.1) is 6.26 Å². The summed E-state index contributed by atoms with van der Waals surface area (Å²) in [6.45, 7) is 7.70. The second kappa shape index (κ2) is 11.2. The zero-order valence-corrected chi connectivity index (χ0v) is 13.5. The summed E-state index contributed by atoms with van der Waals surface area (Å²) in [5.74, 6) is 2.43. The quantitative estimate of drug-likeness (QED) is 0.395. The standard InChI is InChI=1S/C16H29N3O2/c1-14(2)13-19-16(17-9-4-5-11-20-3)18-10-8-15-7-6-12-21-15/h6-7,12,14H,4-5,8-11,13H2,1-3H3,(H2,17,18,19). The summed E-state index contributed by atoms with van der Waals surface area (Å²) in [5, 5.41) is 6.72. The normalized spacial score (nSPS) is 11.9. The van der Waals surface area contributed by atoms with Gasteiger partial charge < -0.3 is 19.8 Å². The molecule has 0 fully saturated rings. The van der Waals surface area contributed by atoms with E-state index in [0.717, 1.165) is 57.2 Å². The Bertz CT molecular complexity index is 375. The topological polar surface area (TPSA) is 58.8 Å². The van der Waals surface area contributed by atoms with Crippen LogP contribution in [-0.2, 0) is 11.2 Å². The van der Waals surface area contributed by atoms with Crippen LogP contribution in [0.5, 0.6) is 0 Å². The zero-order valence-electron chi connectivity index (χ0n) is 13.5. The van der Waals surface area contributed by atoms with Crippen molar-refractivity contribution < 1.29 is 9.15 Å². The van der Waals surface area contributed by atoms with Crippen molar-refractivity contribution in [3.8, 4) is 0 Å². The molecule has 0 unspecified atom stereocenters. The third kappa shape index (κ3) is 9.13. The second-order valence-corrected chi connectivity index (χ2v) is 5.47. The van der Waals surface area contributed by atoms with Crippen molar-refractivity contribution in [3.63, 3.8) is 0 Å². The first-order valence-electron chi connectivity index (χ1n) is 7.76. The minimum Gasteiger partial charge on any atom is -0.469 e. The molecule has 1 aromatic rings. The highest BCUT2D eigenvalue weighted by Crippen LogP contribution is 1.99. The molecule has 1 heterocycles. The molecule has 5 nitrogen and oxygen atoms in total. The van der Waals surface area contributed by atoms with Crippen molar-refractivity contribution in [2.24, 2.45) is 10.9 Å². The molecule has 5 heteroatoms. The van der Waals surface area contributed by atoms with Gasteiger partial charge in [-0.3, -0.25) is 4.99 Å². The van der Waals surface area contributed by atoms with Crippen LogP contribution in [0.4, 0.5) is 0 Å². The molecular formula is C16H29N3O2. The Morgan fingerprint density at radius 1 is 1.29 bits per heavy atom. The van der Waals surface area contributed by atoms with Gasteiger partial charge in [0.25, 0.3) is 0 Å². The molecule has 0 aliphatic rings. The minimum absolute atomic E-state index is 0.558. The van der Waals surface area contributed by atoms with E-state index >= 15 is 0 Å². The molecule has 21 heavy (non-hydrogen) atoms. The van der Waals surface area contributed by atoms with Gasteiger partial charge in [0, 0.05) is 39.8 Å². The number of nitrogens with one attached hydrogen (secondary N) is 2. The zero-order chi connectivity index (χ0) is 15.3. The highest BCUT2D eigenvalue weighted by atomic mass is 16.5. The molecule has 2 N–H and O–H groups in total. The molecule has 0 atom stereocenters. The van der Waals surface area contributed by atoms with Gasteiger partial charge in [0.1, 0.15) is 5.76 Å². The smallest absolute Gasteiger partial charge is 0.191 e. The Morgan fingerprint density at radius 3 is 2.76 bits per heavy atom. The Morgan fingerprint density at radius 2 is 2.10 bits per heavy atom. The summed E-state index contributed by atoms with van der Waals surface area (Å²) in [6, 6.07) is 3.90. The number of aliphatic imine (C=N–C) groups is 1. The number of unbranched alkanes of at least 4 members (excludes halogenated alkanes) is 1. The number of rotatable bonds is 10. The summed E-state index contributed by atoms with van der Waals surface area (Å²) in [6.07, 6.45) is 4.71. The third-order valence-corrected chi connectivity index (χ3v) is 2.93. The summed E-state index contributed by atoms with van der Waals surface area (Å²) in [4.78, 5) is 4.59. The van der Waals surface area contributed by atoms with Gasteiger partial charge in [0.15, 0.2) is 5.96 Å². The van der Waals surface area contributed by atoms with Crippen LogP contribution in [0, 0.1) is 5.92 Å². The van der Waals surface area contributed by atoms with Gasteiger partial charge in [-0.15, -0.1) is 0 Å². The molecule has 1 rings (SSSR count). The maximum atomic E-state index is 5.32. The van der Waals surface area contributed by atoms with Gasteiger partial charge in [-0.1, -0.05) is 13.8 Å². The van der Waals surface area contributed by atoms with Gasteiger partial charge in [-0.2, -0.15) is 0 Å². The predicted molar refractivity (Wildman–Crippen MR) is 86.7 cm³/mol. The van der Waals surface area contributed by atoms with Gasteiger partial charge in [-0.25, -0.2) is 0 Å². The van der Waals surface area contributed by atoms with E-state index in [2.05, 4.69) is 29.5 Å². The fourth-order valence-corrected chi connectivity index (χ4v) is 1.79. The van der Waals surface area contributed by atoms with Crippen molar-refractivity contribution in [3.05, 3.63) is 24.2 Å². The molecule has 0 saturated heterocycles. The van der Waals surface area contributed by atoms with Crippen molar-refractivity contribution in [1.29, 1.82) is 0 Å². The maximum Gasteiger partial charge on any atom is 0.191 e. The first-order chi connectivity index (χ1) is 10.2. The third-order valence-electron chi connectivity index (χ3n) is 2.93. The van der Waals surface area contributed by atoms with Crippen LogP contribution in [0.15, 0.2) is 27.8 Å². The molecule has 1 aromatic heterocycles. The van der Waals surface area contributed by atoms with E-state index in [1.54, 1.807) is 13.4 Å². The predicted octanol–water partition coefficient (Wildman–Crippen LogP) is 2.44. The second-order valence-electron chi connectivity index (χ2n) is 5.47. The van der Waals surface area contributed by atoms with Crippen LogP contribution >= 0.6 is 0 Å². The first-order valence-corrected chi connectivity index (χ1v) is 7.76. The number of guanidine groups is 1. The van der Waals surface area contributed by atoms with E-state index in [0.29, 0.717) is 5.92 Å². The molecule has 0 saturated carbocycles. The Kier molecular flexibility index (Phi) is 9.37. The summed E-state index contributed by atoms with van der Waals surface area (Å²) < 4.78 is 10.4. The van der Waals surface area contributed by atoms with E-state index < -0.39 is 0 Å². The number of furan rings is 1. The van der Waals surface area contributed by atoms with Gasteiger partial charge >= 0.3 is 0 Å². The number of nitrogens with zero attached hydrogens (tertiary/aromatic N) is 1. The van der Waals surface area contributed by atoms with E-state index in [4.69, 9.17) is 9.15 Å². The molecule has 0 aliphatic heterocycles. The highest BCUT2D eigenvalue weighted by Gasteiger charge is 2.01. The molecule has 0 amide bonds. The van der Waals surface area contributed by atoms with Crippen molar-refractivity contribution in [2.75, 3.05) is 33.4 Å². The van der Waals surface area contributed by atoms with E-state index in [1.165, 1.54) is 0 Å². The first kappa shape index (κ1) is 17.6. The molecule has 0 radical (unpaired) electrons. The van der Waals surface area contributed by atoms with Crippen LogP contribution in [-0.4, -0.2) is 39.3 Å². The maximum absolute atomic E-state index is 5.32. The lowest BCUT2D eigenvalue weighted by atomic mass is 10.2. The lowest BCUT2D eigenvalue weighted by molar-refractivity contribution is 0.193. The monoisotopic (exact) mass is 295 g/mol. The van der Waals surface area contributed by atoms with E-state index in [1.807, 2.05) is 12.1 Å². The fraction of sp³-hybridized carbons (Fsp3) is 0.688. The Labute approximate surface area is 128 Å². The number of ether oxygens (including phenoxy) is 1. The molecule has 0 spiro atoms. The minimum atomic E-state index is 0.558. The van der Waals surface area contributed by atoms with Gasteiger partial charge in [0.2, 0.25) is 0 Å². The van der Waals surface area contributed by atoms with Crippen LogP contribution < -0.4 is 10.6 Å². The molecule has 120 valence electrons.